The normalized spacial score (nSPS) is 32.4. The highest BCUT2D eigenvalue weighted by Gasteiger charge is 2.47. The fraction of sp³-hybridized carbons (Fsp3) is 0.769. The number of hydrogen-bond donors (Lipinski definition) is 1. The number of rotatable bonds is 4. The molecule has 92 valence electrons. The van der Waals surface area contributed by atoms with E-state index in [1.54, 1.807) is 0 Å². The second-order valence-electron chi connectivity index (χ2n) is 5.34. The quantitative estimate of drug-likeness (QED) is 0.590. The zero-order valence-corrected chi connectivity index (χ0v) is 10.4. The van der Waals surface area contributed by atoms with Crippen molar-refractivity contribution in [3.63, 3.8) is 0 Å². The first-order valence-corrected chi connectivity index (χ1v) is 5.78. The Balaban J connectivity index is 2.79. The van der Waals surface area contributed by atoms with Crippen LogP contribution in [0.5, 0.6) is 0 Å². The van der Waals surface area contributed by atoms with E-state index in [0.717, 1.165) is 12.8 Å². The van der Waals surface area contributed by atoms with E-state index in [-0.39, 0.29) is 17.3 Å². The van der Waals surface area contributed by atoms with Gasteiger partial charge in [-0.1, -0.05) is 19.9 Å². The summed E-state index contributed by atoms with van der Waals surface area (Å²) >= 11 is 0. The van der Waals surface area contributed by atoms with Crippen LogP contribution in [0.4, 0.5) is 0 Å². The topological polar surface area (TPSA) is 46.5 Å². The number of methoxy groups -OCH3 is 1. The number of hydrogen-bond acceptors (Lipinski definition) is 3. The molecule has 0 aliphatic heterocycles. The van der Waals surface area contributed by atoms with Crippen LogP contribution in [0.2, 0.25) is 0 Å². The molecule has 1 N–H and O–H groups in total. The minimum absolute atomic E-state index is 0.000417. The van der Waals surface area contributed by atoms with Crippen LogP contribution >= 0.6 is 0 Å². The molecule has 1 aliphatic carbocycles. The standard InChI is InChI=1S/C13H22O3/c1-5-6-10-9(7-12(15)16-4)11(14)8-13(10,2)3/h5,9-11,14H,1,6-8H2,2-4H3/t9-,10-,11-/m1/s1. The molecule has 0 aromatic carbocycles. The van der Waals surface area contributed by atoms with Gasteiger partial charge in [-0.15, -0.1) is 6.58 Å². The second-order valence-corrected chi connectivity index (χ2v) is 5.34. The minimum Gasteiger partial charge on any atom is -0.469 e. The monoisotopic (exact) mass is 226 g/mol. The van der Waals surface area contributed by atoms with Crippen molar-refractivity contribution in [3.05, 3.63) is 12.7 Å². The van der Waals surface area contributed by atoms with Crippen LogP contribution in [0.3, 0.4) is 0 Å². The van der Waals surface area contributed by atoms with Gasteiger partial charge in [-0.2, -0.15) is 0 Å². The van der Waals surface area contributed by atoms with Crippen molar-refractivity contribution in [3.8, 4) is 0 Å². The van der Waals surface area contributed by atoms with Gasteiger partial charge in [0.25, 0.3) is 0 Å². The fourth-order valence-electron chi connectivity index (χ4n) is 2.92. The van der Waals surface area contributed by atoms with Crippen molar-refractivity contribution in [2.45, 2.75) is 39.2 Å². The summed E-state index contributed by atoms with van der Waals surface area (Å²) in [6.07, 6.45) is 3.35. The molecule has 16 heavy (non-hydrogen) atoms. The Hall–Kier alpha value is -0.830. The van der Waals surface area contributed by atoms with Gasteiger partial charge >= 0.3 is 5.97 Å². The highest BCUT2D eigenvalue weighted by Crippen LogP contribution is 2.49. The van der Waals surface area contributed by atoms with Crippen LogP contribution in [0, 0.1) is 17.3 Å². The maximum absolute atomic E-state index is 11.3. The summed E-state index contributed by atoms with van der Waals surface area (Å²) in [4.78, 5) is 11.3. The summed E-state index contributed by atoms with van der Waals surface area (Å²) < 4.78 is 4.68. The Bertz CT molecular complexity index is 270. The lowest BCUT2D eigenvalue weighted by atomic mass is 9.76. The van der Waals surface area contributed by atoms with Crippen LogP contribution in [0.25, 0.3) is 0 Å². The van der Waals surface area contributed by atoms with Crippen LogP contribution in [-0.4, -0.2) is 24.3 Å². The van der Waals surface area contributed by atoms with Gasteiger partial charge in [0.15, 0.2) is 0 Å². The zero-order chi connectivity index (χ0) is 12.3. The molecule has 3 nitrogen and oxygen atoms in total. The van der Waals surface area contributed by atoms with Crippen LogP contribution < -0.4 is 0 Å². The molecule has 0 aromatic rings. The van der Waals surface area contributed by atoms with Gasteiger partial charge in [0.05, 0.1) is 19.6 Å². The van der Waals surface area contributed by atoms with Crippen molar-refractivity contribution in [2.75, 3.05) is 7.11 Å². The maximum atomic E-state index is 11.3. The fourth-order valence-corrected chi connectivity index (χ4v) is 2.92. The lowest BCUT2D eigenvalue weighted by molar-refractivity contribution is -0.143. The Kier molecular flexibility index (Phi) is 4.14. The molecule has 1 aliphatic rings. The highest BCUT2D eigenvalue weighted by molar-refractivity contribution is 5.69. The third kappa shape index (κ3) is 2.64. The van der Waals surface area contributed by atoms with E-state index in [1.165, 1.54) is 7.11 Å². The molecule has 1 fully saturated rings. The molecule has 0 saturated heterocycles. The highest BCUT2D eigenvalue weighted by atomic mass is 16.5. The molecular weight excluding hydrogens is 204 g/mol. The molecule has 1 saturated carbocycles. The molecule has 0 radical (unpaired) electrons. The Labute approximate surface area is 97.5 Å². The number of aliphatic hydroxyl groups is 1. The summed E-state index contributed by atoms with van der Waals surface area (Å²) in [5.74, 6) is 0.0652. The molecule has 3 atom stereocenters. The van der Waals surface area contributed by atoms with Crippen LogP contribution in [-0.2, 0) is 9.53 Å². The largest absolute Gasteiger partial charge is 0.469 e. The average Bonchev–Trinajstić information content (AvgIpc) is 2.40. The Morgan fingerprint density at radius 1 is 1.62 bits per heavy atom. The van der Waals surface area contributed by atoms with Crippen molar-refractivity contribution < 1.29 is 14.6 Å². The van der Waals surface area contributed by atoms with Crippen molar-refractivity contribution in [1.82, 2.24) is 0 Å². The SMILES string of the molecule is C=CC[C@@H]1[C@@H](CC(=O)OC)[C@H](O)CC1(C)C. The molecule has 0 heterocycles. The predicted molar refractivity (Wildman–Crippen MR) is 62.8 cm³/mol. The van der Waals surface area contributed by atoms with E-state index < -0.39 is 6.10 Å². The summed E-state index contributed by atoms with van der Waals surface area (Å²) in [5, 5.41) is 10.0. The van der Waals surface area contributed by atoms with Gasteiger partial charge in [-0.05, 0) is 30.1 Å². The summed E-state index contributed by atoms with van der Waals surface area (Å²) in [6.45, 7) is 8.03. The summed E-state index contributed by atoms with van der Waals surface area (Å²) in [6, 6.07) is 0. The van der Waals surface area contributed by atoms with E-state index in [2.05, 4.69) is 25.2 Å². The molecule has 0 spiro atoms. The van der Waals surface area contributed by atoms with Crippen LogP contribution in [0.15, 0.2) is 12.7 Å². The minimum atomic E-state index is -0.404. The average molecular weight is 226 g/mol. The third-order valence-corrected chi connectivity index (χ3v) is 3.80. The number of carbonyl (C=O) groups excluding carboxylic acids is 1. The molecule has 0 aromatic heterocycles. The van der Waals surface area contributed by atoms with Crippen molar-refractivity contribution in [1.29, 1.82) is 0 Å². The first kappa shape index (κ1) is 13.2. The van der Waals surface area contributed by atoms with Gasteiger partial charge in [-0.3, -0.25) is 4.79 Å². The number of aliphatic hydroxyl groups excluding tert-OH is 1. The van der Waals surface area contributed by atoms with E-state index >= 15 is 0 Å². The van der Waals surface area contributed by atoms with Gasteiger partial charge in [0, 0.05) is 0 Å². The smallest absolute Gasteiger partial charge is 0.305 e. The first-order valence-electron chi connectivity index (χ1n) is 5.78. The summed E-state index contributed by atoms with van der Waals surface area (Å²) in [7, 11) is 1.39. The molecule has 0 amide bonds. The van der Waals surface area contributed by atoms with Crippen molar-refractivity contribution in [2.24, 2.45) is 17.3 Å². The second kappa shape index (κ2) is 5.00. The van der Waals surface area contributed by atoms with E-state index in [0.29, 0.717) is 12.3 Å². The van der Waals surface area contributed by atoms with E-state index in [9.17, 15) is 9.90 Å². The molecule has 1 rings (SSSR count). The predicted octanol–water partition coefficient (Wildman–Crippen LogP) is 2.15. The molecule has 0 unspecified atom stereocenters. The van der Waals surface area contributed by atoms with E-state index in [1.807, 2.05) is 6.08 Å². The van der Waals surface area contributed by atoms with Gasteiger partial charge in [0.2, 0.25) is 0 Å². The van der Waals surface area contributed by atoms with E-state index in [4.69, 9.17) is 0 Å². The lowest BCUT2D eigenvalue weighted by Crippen LogP contribution is -2.26. The van der Waals surface area contributed by atoms with Gasteiger partial charge in [-0.25, -0.2) is 0 Å². The number of esters is 1. The Morgan fingerprint density at radius 2 is 2.25 bits per heavy atom. The maximum Gasteiger partial charge on any atom is 0.305 e. The van der Waals surface area contributed by atoms with Gasteiger partial charge < -0.3 is 9.84 Å². The molecular formula is C13H22O3. The third-order valence-electron chi connectivity index (χ3n) is 3.80. The van der Waals surface area contributed by atoms with Crippen LogP contribution in [0.1, 0.15) is 33.1 Å². The number of allylic oxidation sites excluding steroid dienone is 1. The lowest BCUT2D eigenvalue weighted by Gasteiger charge is -2.29. The van der Waals surface area contributed by atoms with Gasteiger partial charge in [0.1, 0.15) is 0 Å². The molecule has 0 bridgehead atoms. The first-order chi connectivity index (χ1) is 7.42. The Morgan fingerprint density at radius 3 is 2.75 bits per heavy atom. The van der Waals surface area contributed by atoms with Crippen molar-refractivity contribution >= 4 is 5.97 Å². The molecule has 3 heteroatoms. The zero-order valence-electron chi connectivity index (χ0n) is 10.4. The number of ether oxygens (including phenoxy) is 1. The number of carbonyl (C=O) groups is 1. The summed E-state index contributed by atoms with van der Waals surface area (Å²) in [5.41, 5.74) is 0.0618.